The zero-order valence-electron chi connectivity index (χ0n) is 15.0. The first-order valence-electron chi connectivity index (χ1n) is 8.02. The van der Waals surface area contributed by atoms with E-state index in [2.05, 4.69) is 9.88 Å². The smallest absolute Gasteiger partial charge is 0.274 e. The summed E-state index contributed by atoms with van der Waals surface area (Å²) < 4.78 is 43.8. The SMILES string of the molecule is Cc1noc(-c2ccc(S(=O)(=O)NCC(c3ccco3)N(C)C)o2)c1C. The van der Waals surface area contributed by atoms with E-state index < -0.39 is 10.0 Å². The zero-order valence-corrected chi connectivity index (χ0v) is 15.8. The predicted octanol–water partition coefficient (Wildman–Crippen LogP) is 2.73. The average Bonchev–Trinajstić information content (AvgIpc) is 3.30. The fourth-order valence-corrected chi connectivity index (χ4v) is 3.48. The third-order valence-corrected chi connectivity index (χ3v) is 5.48. The van der Waals surface area contributed by atoms with Gasteiger partial charge in [-0.15, -0.1) is 0 Å². The molecule has 3 aromatic rings. The Labute approximate surface area is 151 Å². The van der Waals surface area contributed by atoms with E-state index in [0.717, 1.165) is 11.3 Å². The Kier molecular flexibility index (Phi) is 5.03. The van der Waals surface area contributed by atoms with Gasteiger partial charge in [0, 0.05) is 12.1 Å². The van der Waals surface area contributed by atoms with Crippen molar-refractivity contribution < 1.29 is 21.8 Å². The second kappa shape index (κ2) is 7.10. The summed E-state index contributed by atoms with van der Waals surface area (Å²) in [4.78, 5) is 1.87. The van der Waals surface area contributed by atoms with E-state index in [0.29, 0.717) is 17.3 Å². The lowest BCUT2D eigenvalue weighted by atomic mass is 10.2. The van der Waals surface area contributed by atoms with E-state index in [1.807, 2.05) is 25.9 Å². The van der Waals surface area contributed by atoms with E-state index >= 15 is 0 Å². The van der Waals surface area contributed by atoms with E-state index in [1.165, 1.54) is 6.07 Å². The van der Waals surface area contributed by atoms with Gasteiger partial charge in [-0.3, -0.25) is 4.90 Å². The van der Waals surface area contributed by atoms with Crippen molar-refractivity contribution in [2.75, 3.05) is 20.6 Å². The lowest BCUT2D eigenvalue weighted by molar-refractivity contribution is 0.259. The minimum absolute atomic E-state index is 0.138. The van der Waals surface area contributed by atoms with Crippen LogP contribution in [0.1, 0.15) is 23.1 Å². The van der Waals surface area contributed by atoms with Crippen molar-refractivity contribution in [1.29, 1.82) is 0 Å². The van der Waals surface area contributed by atoms with Crippen molar-refractivity contribution in [2.45, 2.75) is 25.0 Å². The van der Waals surface area contributed by atoms with Gasteiger partial charge in [-0.25, -0.2) is 13.1 Å². The molecule has 1 N–H and O–H groups in total. The molecule has 8 nitrogen and oxygen atoms in total. The number of hydrogen-bond donors (Lipinski definition) is 1. The molecule has 3 heterocycles. The Hall–Kier alpha value is -2.36. The first-order chi connectivity index (χ1) is 12.3. The summed E-state index contributed by atoms with van der Waals surface area (Å²) >= 11 is 0. The molecule has 9 heteroatoms. The molecular formula is C17H21N3O5S. The molecule has 1 atom stereocenters. The topological polar surface area (TPSA) is 102 Å². The number of aryl methyl sites for hydroxylation is 1. The molecule has 0 saturated heterocycles. The maximum absolute atomic E-state index is 12.6. The van der Waals surface area contributed by atoms with Gasteiger partial charge in [0.05, 0.1) is 18.0 Å². The summed E-state index contributed by atoms with van der Waals surface area (Å²) in [6, 6.07) is 6.28. The van der Waals surface area contributed by atoms with E-state index in [9.17, 15) is 8.42 Å². The number of nitrogens with zero attached hydrogens (tertiary/aromatic N) is 2. The van der Waals surface area contributed by atoms with Gasteiger partial charge in [-0.2, -0.15) is 0 Å². The maximum Gasteiger partial charge on any atom is 0.274 e. The van der Waals surface area contributed by atoms with Gasteiger partial charge < -0.3 is 13.4 Å². The fourth-order valence-electron chi connectivity index (χ4n) is 2.51. The monoisotopic (exact) mass is 379 g/mol. The molecular weight excluding hydrogens is 358 g/mol. The molecule has 0 aliphatic heterocycles. The number of aromatic nitrogens is 1. The molecule has 140 valence electrons. The first kappa shape index (κ1) is 18.4. The highest BCUT2D eigenvalue weighted by Gasteiger charge is 2.25. The molecule has 3 rings (SSSR count). The highest BCUT2D eigenvalue weighted by Crippen LogP contribution is 2.29. The Bertz CT molecular complexity index is 970. The highest BCUT2D eigenvalue weighted by atomic mass is 32.2. The average molecular weight is 379 g/mol. The number of sulfonamides is 1. The molecule has 0 aromatic carbocycles. The standard InChI is InChI=1S/C17H21N3O5S/c1-11-12(2)19-25-17(11)15-7-8-16(24-15)26(21,22)18-10-13(20(3)4)14-6-5-9-23-14/h5-9,13,18H,10H2,1-4H3. The van der Waals surface area contributed by atoms with Crippen molar-refractivity contribution >= 4 is 10.0 Å². The molecule has 0 saturated carbocycles. The van der Waals surface area contributed by atoms with Crippen molar-refractivity contribution in [1.82, 2.24) is 14.8 Å². The van der Waals surface area contributed by atoms with Gasteiger partial charge in [0.1, 0.15) is 5.76 Å². The minimum Gasteiger partial charge on any atom is -0.468 e. The van der Waals surface area contributed by atoms with Crippen LogP contribution in [0.2, 0.25) is 0 Å². The summed E-state index contributed by atoms with van der Waals surface area (Å²) in [5.74, 6) is 1.41. The molecule has 0 aliphatic rings. The molecule has 0 radical (unpaired) electrons. The molecule has 0 amide bonds. The Balaban J connectivity index is 1.77. The van der Waals surface area contributed by atoms with Crippen molar-refractivity contribution in [3.8, 4) is 11.5 Å². The summed E-state index contributed by atoms with van der Waals surface area (Å²) in [5, 5.41) is 3.67. The van der Waals surface area contributed by atoms with Gasteiger partial charge in [-0.1, -0.05) is 5.16 Å². The summed E-state index contributed by atoms with van der Waals surface area (Å²) in [7, 11) is -0.123. The summed E-state index contributed by atoms with van der Waals surface area (Å²) in [5.41, 5.74) is 1.54. The van der Waals surface area contributed by atoms with Crippen LogP contribution in [0, 0.1) is 13.8 Å². The van der Waals surface area contributed by atoms with Crippen LogP contribution in [0.5, 0.6) is 0 Å². The van der Waals surface area contributed by atoms with Gasteiger partial charge in [0.2, 0.25) is 10.9 Å². The number of likely N-dealkylation sites (N-methyl/N-ethyl adjacent to an activating group) is 1. The van der Waals surface area contributed by atoms with Crippen molar-refractivity contribution in [3.05, 3.63) is 47.5 Å². The van der Waals surface area contributed by atoms with E-state index in [4.69, 9.17) is 13.4 Å². The van der Waals surface area contributed by atoms with Crippen LogP contribution in [0.25, 0.3) is 11.5 Å². The minimum atomic E-state index is -3.82. The van der Waals surface area contributed by atoms with Crippen LogP contribution in [0.4, 0.5) is 0 Å². The summed E-state index contributed by atoms with van der Waals surface area (Å²) in [6.07, 6.45) is 1.56. The molecule has 0 spiro atoms. The summed E-state index contributed by atoms with van der Waals surface area (Å²) in [6.45, 7) is 3.78. The van der Waals surface area contributed by atoms with Gasteiger partial charge >= 0.3 is 0 Å². The largest absolute Gasteiger partial charge is 0.468 e. The molecule has 0 bridgehead atoms. The quantitative estimate of drug-likeness (QED) is 0.673. The van der Waals surface area contributed by atoms with Gasteiger partial charge in [-0.05, 0) is 52.2 Å². The molecule has 0 fully saturated rings. The van der Waals surface area contributed by atoms with Gasteiger partial charge in [0.15, 0.2) is 5.76 Å². The third-order valence-electron chi connectivity index (χ3n) is 4.19. The highest BCUT2D eigenvalue weighted by molar-refractivity contribution is 7.89. The molecule has 0 aliphatic carbocycles. The molecule has 26 heavy (non-hydrogen) atoms. The zero-order chi connectivity index (χ0) is 18.9. The Morgan fingerprint density at radius 2 is 2.00 bits per heavy atom. The van der Waals surface area contributed by atoms with Crippen LogP contribution >= 0.6 is 0 Å². The van der Waals surface area contributed by atoms with Crippen LogP contribution < -0.4 is 4.72 Å². The number of rotatable bonds is 7. The van der Waals surface area contributed by atoms with E-state index in [-0.39, 0.29) is 17.7 Å². The number of hydrogen-bond acceptors (Lipinski definition) is 7. The normalized spacial score (nSPS) is 13.4. The predicted molar refractivity (Wildman–Crippen MR) is 94.0 cm³/mol. The first-order valence-corrected chi connectivity index (χ1v) is 9.50. The van der Waals surface area contributed by atoms with Crippen LogP contribution in [-0.2, 0) is 10.0 Å². The Morgan fingerprint density at radius 3 is 2.58 bits per heavy atom. The fraction of sp³-hybridized carbons (Fsp3) is 0.353. The van der Waals surface area contributed by atoms with Crippen LogP contribution in [0.3, 0.4) is 0 Å². The second-order valence-electron chi connectivity index (χ2n) is 6.19. The van der Waals surface area contributed by atoms with Crippen LogP contribution in [0.15, 0.2) is 49.0 Å². The van der Waals surface area contributed by atoms with Gasteiger partial charge in [0.25, 0.3) is 10.0 Å². The Morgan fingerprint density at radius 1 is 1.23 bits per heavy atom. The third kappa shape index (κ3) is 3.59. The van der Waals surface area contributed by atoms with Crippen molar-refractivity contribution in [2.24, 2.45) is 0 Å². The second-order valence-corrected chi connectivity index (χ2v) is 7.89. The molecule has 1 unspecified atom stereocenters. The van der Waals surface area contributed by atoms with E-state index in [1.54, 1.807) is 31.4 Å². The maximum atomic E-state index is 12.6. The van der Waals surface area contributed by atoms with Crippen molar-refractivity contribution in [3.63, 3.8) is 0 Å². The lowest BCUT2D eigenvalue weighted by Gasteiger charge is -2.22. The van der Waals surface area contributed by atoms with Crippen LogP contribution in [-0.4, -0.2) is 39.1 Å². The number of furan rings is 2. The lowest BCUT2D eigenvalue weighted by Crippen LogP contribution is -2.34. The molecule has 3 aromatic heterocycles. The number of nitrogens with one attached hydrogen (secondary N) is 1.